The summed E-state index contributed by atoms with van der Waals surface area (Å²) >= 11 is 0. The van der Waals surface area contributed by atoms with Crippen LogP contribution in [0.4, 0.5) is 0 Å². The van der Waals surface area contributed by atoms with Gasteiger partial charge in [0, 0.05) is 61.5 Å². The van der Waals surface area contributed by atoms with E-state index < -0.39 is 0 Å². The van der Waals surface area contributed by atoms with E-state index in [1.165, 1.54) is 12.1 Å². The van der Waals surface area contributed by atoms with Crippen LogP contribution in [0, 0.1) is 18.8 Å². The summed E-state index contributed by atoms with van der Waals surface area (Å²) in [5, 5.41) is 0. The van der Waals surface area contributed by atoms with Gasteiger partial charge in [0.05, 0.1) is 5.69 Å². The van der Waals surface area contributed by atoms with Gasteiger partial charge in [-0.25, -0.2) is 9.97 Å². The molecule has 2 aliphatic rings. The molecule has 4 rings (SSSR count). The minimum absolute atomic E-state index is 0.115. The summed E-state index contributed by atoms with van der Waals surface area (Å²) < 4.78 is 2.02. The number of aryl methyl sites for hydroxylation is 2. The van der Waals surface area contributed by atoms with Crippen molar-refractivity contribution in [1.29, 1.82) is 0 Å². The lowest BCUT2D eigenvalue weighted by atomic mass is 9.82. The van der Waals surface area contributed by atoms with Crippen LogP contribution in [-0.2, 0) is 13.0 Å². The maximum atomic E-state index is 12.9. The number of aromatic nitrogens is 3. The third-order valence-electron chi connectivity index (χ3n) is 5.77. The highest BCUT2D eigenvalue weighted by molar-refractivity contribution is 5.60. The quantitative estimate of drug-likeness (QED) is 0.833. The van der Waals surface area contributed by atoms with E-state index in [4.69, 9.17) is 0 Å². The van der Waals surface area contributed by atoms with Gasteiger partial charge in [-0.2, -0.15) is 0 Å². The molecule has 0 amide bonds. The smallest absolute Gasteiger partial charge is 0.251 e. The lowest BCUT2D eigenvalue weighted by Crippen LogP contribution is -2.48. The molecular weight excluding hydrogens is 336 g/mol. The summed E-state index contributed by atoms with van der Waals surface area (Å²) in [6, 6.07) is 5.96. The van der Waals surface area contributed by atoms with Crippen LogP contribution < -0.4 is 5.56 Å². The zero-order valence-electron chi connectivity index (χ0n) is 16.9. The number of fused-ring (bicyclic) bond motifs is 4. The number of hydrogen-bond donors (Lipinski definition) is 0. The van der Waals surface area contributed by atoms with Gasteiger partial charge in [0.15, 0.2) is 0 Å². The predicted molar refractivity (Wildman–Crippen MR) is 108 cm³/mol. The average Bonchev–Trinajstić information content (AvgIpc) is 2.61. The molecule has 0 radical (unpaired) electrons. The summed E-state index contributed by atoms with van der Waals surface area (Å²) in [5.74, 6) is 2.54. The molecule has 144 valence electrons. The van der Waals surface area contributed by atoms with E-state index in [0.29, 0.717) is 17.8 Å². The molecule has 0 saturated carbocycles. The second-order valence-corrected chi connectivity index (χ2v) is 8.69. The Bertz CT molecular complexity index is 902. The minimum Gasteiger partial charge on any atom is -0.312 e. The Morgan fingerprint density at radius 2 is 1.96 bits per heavy atom. The van der Waals surface area contributed by atoms with Crippen LogP contribution in [-0.4, -0.2) is 39.1 Å². The Morgan fingerprint density at radius 3 is 2.70 bits per heavy atom. The molecule has 5 nitrogen and oxygen atoms in total. The molecule has 0 aromatic carbocycles. The largest absolute Gasteiger partial charge is 0.312 e. The van der Waals surface area contributed by atoms with E-state index in [0.717, 1.165) is 55.4 Å². The van der Waals surface area contributed by atoms with Gasteiger partial charge in [-0.3, -0.25) is 4.79 Å². The van der Waals surface area contributed by atoms with E-state index in [9.17, 15) is 4.79 Å². The van der Waals surface area contributed by atoms with Gasteiger partial charge in [-0.1, -0.05) is 20.8 Å². The van der Waals surface area contributed by atoms with Crippen LogP contribution in [0.15, 0.2) is 23.0 Å². The number of nitrogens with zero attached hydrogens (tertiary/aromatic N) is 4. The normalized spacial score (nSPS) is 22.1. The van der Waals surface area contributed by atoms with Crippen LogP contribution in [0.3, 0.4) is 0 Å². The van der Waals surface area contributed by atoms with E-state index in [1.807, 2.05) is 17.6 Å². The Balaban J connectivity index is 1.73. The molecule has 0 N–H and O–H groups in total. The van der Waals surface area contributed by atoms with Crippen LogP contribution in [0.1, 0.15) is 50.3 Å². The Morgan fingerprint density at radius 1 is 1.15 bits per heavy atom. The standard InChI is InChI=1S/C22H30N4O/c1-5-21-23-15(4)6-19(24-21)17-8-20-18-7-16(12-26(20)22(27)9-17)11-25(13-18)10-14(2)3/h6,8-9,14,16,18H,5,7,10-13H2,1-4H3/t16-,18+/m0/s1. The van der Waals surface area contributed by atoms with Crippen molar-refractivity contribution >= 4 is 0 Å². The topological polar surface area (TPSA) is 51.0 Å². The fourth-order valence-electron chi connectivity index (χ4n) is 4.81. The molecule has 0 spiro atoms. The highest BCUT2D eigenvalue weighted by Gasteiger charge is 2.35. The molecule has 4 heterocycles. The van der Waals surface area contributed by atoms with Crippen molar-refractivity contribution in [2.45, 2.75) is 53.0 Å². The second-order valence-electron chi connectivity index (χ2n) is 8.69. The maximum absolute atomic E-state index is 12.9. The number of pyridine rings is 1. The first-order valence-electron chi connectivity index (χ1n) is 10.2. The van der Waals surface area contributed by atoms with Gasteiger partial charge >= 0.3 is 0 Å². The first-order valence-corrected chi connectivity index (χ1v) is 10.2. The van der Waals surface area contributed by atoms with Crippen molar-refractivity contribution in [1.82, 2.24) is 19.4 Å². The minimum atomic E-state index is 0.115. The lowest BCUT2D eigenvalue weighted by molar-refractivity contribution is 0.109. The second kappa shape index (κ2) is 7.19. The third-order valence-corrected chi connectivity index (χ3v) is 5.77. The fraction of sp³-hybridized carbons (Fsp3) is 0.591. The van der Waals surface area contributed by atoms with Gasteiger partial charge in [-0.05, 0) is 37.3 Å². The summed E-state index contributed by atoms with van der Waals surface area (Å²) in [7, 11) is 0. The Labute approximate surface area is 161 Å². The molecule has 0 aliphatic carbocycles. The summed E-state index contributed by atoms with van der Waals surface area (Å²) in [4.78, 5) is 24.6. The molecule has 1 saturated heterocycles. The Hall–Kier alpha value is -2.01. The number of rotatable bonds is 4. The van der Waals surface area contributed by atoms with Crippen molar-refractivity contribution in [2.75, 3.05) is 19.6 Å². The number of hydrogen-bond acceptors (Lipinski definition) is 4. The third kappa shape index (κ3) is 3.70. The SMILES string of the molecule is CCc1nc(C)cc(-c2cc3n(c(=O)c2)C[C@H]2C[C@@H]3CN(CC(C)C)C2)n1. The van der Waals surface area contributed by atoms with Crippen LogP contribution >= 0.6 is 0 Å². The highest BCUT2D eigenvalue weighted by Crippen LogP contribution is 2.36. The van der Waals surface area contributed by atoms with Gasteiger partial charge in [0.2, 0.25) is 0 Å². The van der Waals surface area contributed by atoms with Gasteiger partial charge in [-0.15, -0.1) is 0 Å². The molecule has 2 aromatic heterocycles. The van der Waals surface area contributed by atoms with Crippen LogP contribution in [0.5, 0.6) is 0 Å². The van der Waals surface area contributed by atoms with Gasteiger partial charge in [0.1, 0.15) is 5.82 Å². The first kappa shape index (κ1) is 18.4. The molecule has 0 unspecified atom stereocenters. The summed E-state index contributed by atoms with van der Waals surface area (Å²) in [5.41, 5.74) is 4.07. The average molecular weight is 367 g/mol. The molecule has 2 aromatic rings. The maximum Gasteiger partial charge on any atom is 0.251 e. The summed E-state index contributed by atoms with van der Waals surface area (Å²) in [6.45, 7) is 12.8. The predicted octanol–water partition coefficient (Wildman–Crippen LogP) is 3.25. The molecule has 2 atom stereocenters. The van der Waals surface area contributed by atoms with Crippen molar-refractivity contribution in [3.63, 3.8) is 0 Å². The van der Waals surface area contributed by atoms with Gasteiger partial charge in [0.25, 0.3) is 5.56 Å². The molecule has 1 fully saturated rings. The monoisotopic (exact) mass is 366 g/mol. The zero-order valence-corrected chi connectivity index (χ0v) is 16.9. The number of likely N-dealkylation sites (tertiary alicyclic amines) is 1. The molecule has 5 heteroatoms. The highest BCUT2D eigenvalue weighted by atomic mass is 16.1. The first-order chi connectivity index (χ1) is 12.9. The van der Waals surface area contributed by atoms with Crippen molar-refractivity contribution in [3.8, 4) is 11.3 Å². The summed E-state index contributed by atoms with van der Waals surface area (Å²) in [6.07, 6.45) is 1.99. The van der Waals surface area contributed by atoms with Crippen LogP contribution in [0.2, 0.25) is 0 Å². The number of piperidine rings is 1. The van der Waals surface area contributed by atoms with Crippen LogP contribution in [0.25, 0.3) is 11.3 Å². The molecular formula is C22H30N4O. The molecule has 2 bridgehead atoms. The van der Waals surface area contributed by atoms with E-state index >= 15 is 0 Å². The molecule has 27 heavy (non-hydrogen) atoms. The van der Waals surface area contributed by atoms with E-state index in [-0.39, 0.29) is 5.56 Å². The van der Waals surface area contributed by atoms with Crippen molar-refractivity contribution in [2.24, 2.45) is 11.8 Å². The Kier molecular flexibility index (Phi) is 4.89. The fourth-order valence-corrected chi connectivity index (χ4v) is 4.81. The van der Waals surface area contributed by atoms with Crippen molar-refractivity contribution < 1.29 is 0 Å². The van der Waals surface area contributed by atoms with Crippen molar-refractivity contribution in [3.05, 3.63) is 45.8 Å². The molecule has 2 aliphatic heterocycles. The van der Waals surface area contributed by atoms with Gasteiger partial charge < -0.3 is 9.47 Å². The van der Waals surface area contributed by atoms with E-state index in [1.54, 1.807) is 6.07 Å². The lowest BCUT2D eigenvalue weighted by Gasteiger charge is -2.43. The zero-order chi connectivity index (χ0) is 19.1. The van der Waals surface area contributed by atoms with E-state index in [2.05, 4.69) is 41.7 Å².